The Hall–Kier alpha value is -1.02. The Morgan fingerprint density at radius 1 is 1.00 bits per heavy atom. The molecule has 0 aliphatic rings. The quantitative estimate of drug-likeness (QED) is 0.438. The molecule has 0 aromatic rings. The molecule has 0 radical (unpaired) electrons. The summed E-state index contributed by atoms with van der Waals surface area (Å²) in [5.74, 6) is 0. The van der Waals surface area contributed by atoms with Crippen molar-refractivity contribution in [2.45, 2.75) is 13.8 Å². The van der Waals surface area contributed by atoms with Crippen LogP contribution in [0.15, 0.2) is 0 Å². The second-order valence-corrected chi connectivity index (χ2v) is 0.447. The molecule has 6 heavy (non-hydrogen) atoms. The van der Waals surface area contributed by atoms with E-state index in [4.69, 9.17) is 10.5 Å². The summed E-state index contributed by atoms with van der Waals surface area (Å²) in [5, 5.41) is 14.6. The Morgan fingerprint density at radius 2 is 1.00 bits per heavy atom. The lowest BCUT2D eigenvalue weighted by atomic mass is 11.0. The minimum Gasteiger partial charge on any atom is -0.199 e. The fourth-order valence-corrected chi connectivity index (χ4v) is 0. The number of nitriles is 2. The van der Waals surface area contributed by atoms with Crippen LogP contribution in [0, 0.1) is 22.7 Å². The zero-order valence-corrected chi connectivity index (χ0v) is 3.89. The van der Waals surface area contributed by atoms with Crippen LogP contribution in [-0.4, -0.2) is 0 Å². The van der Waals surface area contributed by atoms with E-state index < -0.39 is 0 Å². The van der Waals surface area contributed by atoms with E-state index in [9.17, 15) is 0 Å². The molecule has 0 amide bonds. The van der Waals surface area contributed by atoms with Crippen LogP contribution in [0.1, 0.15) is 13.8 Å². The summed E-state index contributed by atoms with van der Waals surface area (Å²) in [7, 11) is 0. The van der Waals surface area contributed by atoms with Gasteiger partial charge in [0.15, 0.2) is 0 Å². The van der Waals surface area contributed by atoms with Crippen molar-refractivity contribution in [2.75, 3.05) is 0 Å². The van der Waals surface area contributed by atoms with E-state index in [2.05, 4.69) is 0 Å². The first kappa shape index (κ1) is 8.88. The van der Waals surface area contributed by atoms with E-state index in [1.54, 1.807) is 12.1 Å². The van der Waals surface area contributed by atoms with Gasteiger partial charge < -0.3 is 0 Å². The molecule has 0 spiro atoms. The van der Waals surface area contributed by atoms with Gasteiger partial charge in [-0.3, -0.25) is 0 Å². The largest absolute Gasteiger partial charge is 0.199 e. The Morgan fingerprint density at radius 3 is 1.00 bits per heavy atom. The Balaban J connectivity index is 0. The van der Waals surface area contributed by atoms with Gasteiger partial charge in [0.25, 0.3) is 0 Å². The molecule has 0 aromatic heterocycles. The van der Waals surface area contributed by atoms with Gasteiger partial charge in [-0.2, -0.15) is 10.5 Å². The first-order valence-electron chi connectivity index (χ1n) is 1.45. The van der Waals surface area contributed by atoms with E-state index in [0.717, 1.165) is 0 Å². The Bertz CT molecular complexity index is 60.5. The topological polar surface area (TPSA) is 47.6 Å². The van der Waals surface area contributed by atoms with Gasteiger partial charge in [0, 0.05) is 13.8 Å². The summed E-state index contributed by atoms with van der Waals surface area (Å²) in [6.45, 7) is 2.86. The molecule has 0 atom stereocenters. The monoisotopic (exact) mass is 82.1 g/mol. The highest BCUT2D eigenvalue weighted by atomic mass is 14.2. The molecular formula is C4H6N2. The van der Waals surface area contributed by atoms with Gasteiger partial charge in [-0.25, -0.2) is 0 Å². The fraction of sp³-hybridized carbons (Fsp3) is 0.500. The molecule has 0 N–H and O–H groups in total. The summed E-state index contributed by atoms with van der Waals surface area (Å²) in [6, 6.07) is 3.50. The summed E-state index contributed by atoms with van der Waals surface area (Å²) in [5.41, 5.74) is 0. The van der Waals surface area contributed by atoms with Crippen LogP contribution >= 0.6 is 0 Å². The summed E-state index contributed by atoms with van der Waals surface area (Å²) in [4.78, 5) is 0. The van der Waals surface area contributed by atoms with Crippen LogP contribution in [0.4, 0.5) is 0 Å². The van der Waals surface area contributed by atoms with Crippen LogP contribution in [0.5, 0.6) is 0 Å². The normalized spacial score (nSPS) is 2.67. The number of hydrogen-bond acceptors (Lipinski definition) is 2. The zero-order valence-electron chi connectivity index (χ0n) is 3.89. The average Bonchev–Trinajstić information content (AvgIpc) is 1.39. The van der Waals surface area contributed by atoms with Crippen molar-refractivity contribution in [1.29, 1.82) is 10.5 Å². The Kier molecular flexibility index (Phi) is 54.5. The molecule has 32 valence electrons. The molecule has 0 aliphatic carbocycles. The van der Waals surface area contributed by atoms with Gasteiger partial charge in [0.1, 0.15) is 0 Å². The van der Waals surface area contributed by atoms with Crippen LogP contribution in [0.3, 0.4) is 0 Å². The minimum absolute atomic E-state index is 1.43. The van der Waals surface area contributed by atoms with E-state index in [-0.39, 0.29) is 0 Å². The second-order valence-electron chi connectivity index (χ2n) is 0.447. The molecule has 0 bridgehead atoms. The highest BCUT2D eigenvalue weighted by molar-refractivity contribution is 4.51. The molecule has 0 unspecified atom stereocenters. The minimum atomic E-state index is 1.43. The maximum atomic E-state index is 7.32. The standard InChI is InChI=1S/2C2H3N/c2*1-2-3/h2*1H3. The smallest absolute Gasteiger partial charge is 0.0587 e. The molecule has 0 aromatic carbocycles. The molecule has 0 heterocycles. The second kappa shape index (κ2) is 36.8. The third-order valence-corrected chi connectivity index (χ3v) is 0. The van der Waals surface area contributed by atoms with Crippen LogP contribution in [0.2, 0.25) is 0 Å². The van der Waals surface area contributed by atoms with Gasteiger partial charge in [-0.05, 0) is 0 Å². The molecule has 0 rings (SSSR count). The van der Waals surface area contributed by atoms with Crippen molar-refractivity contribution in [3.8, 4) is 12.1 Å². The summed E-state index contributed by atoms with van der Waals surface area (Å²) in [6.07, 6.45) is 0. The maximum Gasteiger partial charge on any atom is 0.0587 e. The van der Waals surface area contributed by atoms with E-state index in [1.165, 1.54) is 13.8 Å². The van der Waals surface area contributed by atoms with Gasteiger partial charge >= 0.3 is 0 Å². The van der Waals surface area contributed by atoms with Crippen molar-refractivity contribution in [3.63, 3.8) is 0 Å². The molecule has 0 saturated carbocycles. The van der Waals surface area contributed by atoms with Crippen molar-refractivity contribution in [3.05, 3.63) is 0 Å². The van der Waals surface area contributed by atoms with E-state index >= 15 is 0 Å². The zero-order chi connectivity index (χ0) is 5.41. The SMILES string of the molecule is CC#N.CC#N. The number of nitrogens with zero attached hydrogens (tertiary/aromatic N) is 2. The van der Waals surface area contributed by atoms with Crippen LogP contribution in [0.25, 0.3) is 0 Å². The molecule has 0 fully saturated rings. The van der Waals surface area contributed by atoms with Crippen LogP contribution in [-0.2, 0) is 0 Å². The fourth-order valence-electron chi connectivity index (χ4n) is 0. The van der Waals surface area contributed by atoms with E-state index in [0.29, 0.717) is 0 Å². The predicted molar refractivity (Wildman–Crippen MR) is 22.6 cm³/mol. The molecular weight excluding hydrogens is 76.1 g/mol. The van der Waals surface area contributed by atoms with Gasteiger partial charge in [0.05, 0.1) is 12.1 Å². The van der Waals surface area contributed by atoms with Crippen LogP contribution < -0.4 is 0 Å². The lowest BCUT2D eigenvalue weighted by Crippen LogP contribution is -1.10. The van der Waals surface area contributed by atoms with Gasteiger partial charge in [0.2, 0.25) is 0 Å². The molecule has 2 heteroatoms. The van der Waals surface area contributed by atoms with Crippen molar-refractivity contribution in [1.82, 2.24) is 0 Å². The highest BCUT2D eigenvalue weighted by Gasteiger charge is 1.18. The highest BCUT2D eigenvalue weighted by Crippen LogP contribution is 1.22. The summed E-state index contributed by atoms with van der Waals surface area (Å²) >= 11 is 0. The lowest BCUT2D eigenvalue weighted by molar-refractivity contribution is 1.49. The first-order valence-corrected chi connectivity index (χ1v) is 1.45. The van der Waals surface area contributed by atoms with Gasteiger partial charge in [-0.15, -0.1) is 0 Å². The third kappa shape index (κ3) is 11.2. The number of rotatable bonds is 0. The van der Waals surface area contributed by atoms with Crippen molar-refractivity contribution in [2.24, 2.45) is 0 Å². The number of hydrogen-bond donors (Lipinski definition) is 0. The molecule has 0 saturated heterocycles. The van der Waals surface area contributed by atoms with Crippen molar-refractivity contribution < 1.29 is 0 Å². The Labute approximate surface area is 37.6 Å². The van der Waals surface area contributed by atoms with Crippen molar-refractivity contribution >= 4 is 0 Å². The molecule has 2 nitrogen and oxygen atoms in total. The average molecular weight is 82.1 g/mol. The first-order chi connectivity index (χ1) is 2.83. The summed E-state index contributed by atoms with van der Waals surface area (Å²) < 4.78 is 0. The molecule has 0 aliphatic heterocycles. The lowest BCUT2D eigenvalue weighted by Gasteiger charge is -1.15. The maximum absolute atomic E-state index is 7.32. The third-order valence-electron chi connectivity index (χ3n) is 0. The van der Waals surface area contributed by atoms with E-state index in [1.807, 2.05) is 0 Å². The van der Waals surface area contributed by atoms with Gasteiger partial charge in [-0.1, -0.05) is 0 Å². The predicted octanol–water partition coefficient (Wildman–Crippen LogP) is 1.06.